The highest BCUT2D eigenvalue weighted by molar-refractivity contribution is 6.00. The highest BCUT2D eigenvalue weighted by Gasteiger charge is 2.44. The third-order valence-corrected chi connectivity index (χ3v) is 6.78. The average Bonchev–Trinajstić information content (AvgIpc) is 3.51. The van der Waals surface area contributed by atoms with Crippen molar-refractivity contribution in [1.82, 2.24) is 24.7 Å². The van der Waals surface area contributed by atoms with Crippen LogP contribution in [0.4, 0.5) is 17.5 Å². The summed E-state index contributed by atoms with van der Waals surface area (Å²) in [7, 11) is 1.87. The van der Waals surface area contributed by atoms with Crippen LogP contribution in [0.2, 0.25) is 0 Å². The second-order valence-corrected chi connectivity index (χ2v) is 9.22. The molecular formula is C25H24N8O2. The Labute approximate surface area is 201 Å². The van der Waals surface area contributed by atoms with E-state index in [0.717, 1.165) is 28.5 Å². The molecule has 176 valence electrons. The Balaban J connectivity index is 1.25. The molecule has 0 spiro atoms. The largest absolute Gasteiger partial charge is 0.383 e. The molecule has 1 aliphatic carbocycles. The Bertz CT molecular complexity index is 1510. The Morgan fingerprint density at radius 3 is 2.71 bits per heavy atom. The lowest BCUT2D eigenvalue weighted by Crippen LogP contribution is -2.43. The molecule has 3 N–H and O–H groups in total. The Hall–Kier alpha value is -4.34. The molecule has 2 amide bonds. The summed E-state index contributed by atoms with van der Waals surface area (Å²) < 4.78 is 1.75. The highest BCUT2D eigenvalue weighted by Crippen LogP contribution is 2.47. The number of β-lactam (4-membered cyclic amide) rings is 1. The Kier molecular flexibility index (Phi) is 4.77. The van der Waals surface area contributed by atoms with E-state index < -0.39 is 0 Å². The molecule has 1 saturated heterocycles. The summed E-state index contributed by atoms with van der Waals surface area (Å²) in [5.41, 5.74) is 9.77. The minimum absolute atomic E-state index is 0.0517. The standard InChI is InChI=1S/C25H24N8O2/c1-13-5-22(33-4-3-23(33)34)28-10-18(13)20-6-14-7-21(27-11-19(14)24(26)30-20)31-25(35)17-8-16(17)15-9-29-32(2)12-15/h5-7,9-12,16-17H,3-4,8H2,1-2H3,(H2,26,30)(H,27,31,35). The van der Waals surface area contributed by atoms with Gasteiger partial charge in [0.05, 0.1) is 11.9 Å². The van der Waals surface area contributed by atoms with Gasteiger partial charge in [-0.3, -0.25) is 19.2 Å². The monoisotopic (exact) mass is 468 g/mol. The molecule has 5 heterocycles. The Morgan fingerprint density at radius 2 is 2.03 bits per heavy atom. The van der Waals surface area contributed by atoms with Gasteiger partial charge in [-0.1, -0.05) is 0 Å². The lowest BCUT2D eigenvalue weighted by molar-refractivity contribution is -0.122. The van der Waals surface area contributed by atoms with E-state index in [1.165, 1.54) is 0 Å². The number of fused-ring (bicyclic) bond motifs is 1. The van der Waals surface area contributed by atoms with E-state index in [1.54, 1.807) is 22.0 Å². The number of anilines is 3. The number of nitrogens with two attached hydrogens (primary N) is 1. The minimum atomic E-state index is -0.0831. The third kappa shape index (κ3) is 3.76. The molecule has 6 rings (SSSR count). The van der Waals surface area contributed by atoms with E-state index >= 15 is 0 Å². The van der Waals surface area contributed by atoms with Crippen LogP contribution in [0.3, 0.4) is 0 Å². The number of nitrogens with zero attached hydrogens (tertiary/aromatic N) is 6. The molecule has 10 nitrogen and oxygen atoms in total. The summed E-state index contributed by atoms with van der Waals surface area (Å²) in [5, 5.41) is 8.66. The first-order valence-corrected chi connectivity index (χ1v) is 11.5. The number of aryl methyl sites for hydroxylation is 2. The van der Waals surface area contributed by atoms with E-state index in [9.17, 15) is 9.59 Å². The maximum Gasteiger partial charge on any atom is 0.229 e. The molecule has 0 radical (unpaired) electrons. The van der Waals surface area contributed by atoms with Crippen molar-refractivity contribution in [3.63, 3.8) is 0 Å². The van der Waals surface area contributed by atoms with Crippen molar-refractivity contribution in [2.24, 2.45) is 13.0 Å². The second-order valence-electron chi connectivity index (χ2n) is 9.22. The normalized spacial score (nSPS) is 19.0. The molecule has 1 saturated carbocycles. The van der Waals surface area contributed by atoms with E-state index in [1.807, 2.05) is 44.6 Å². The summed E-state index contributed by atoms with van der Waals surface area (Å²) in [6, 6.07) is 5.62. The van der Waals surface area contributed by atoms with Crippen LogP contribution in [0.5, 0.6) is 0 Å². The zero-order chi connectivity index (χ0) is 24.3. The number of nitrogens with one attached hydrogen (secondary N) is 1. The summed E-state index contributed by atoms with van der Waals surface area (Å²) in [6.07, 6.45) is 8.48. The van der Waals surface area contributed by atoms with Gasteiger partial charge in [-0.25, -0.2) is 15.0 Å². The maximum atomic E-state index is 12.8. The van der Waals surface area contributed by atoms with E-state index in [2.05, 4.69) is 25.4 Å². The lowest BCUT2D eigenvalue weighted by atomic mass is 10.0. The van der Waals surface area contributed by atoms with Gasteiger partial charge in [-0.2, -0.15) is 5.10 Å². The van der Waals surface area contributed by atoms with E-state index in [-0.39, 0.29) is 23.7 Å². The van der Waals surface area contributed by atoms with Gasteiger partial charge in [0.1, 0.15) is 17.5 Å². The zero-order valence-corrected chi connectivity index (χ0v) is 19.4. The molecule has 4 aromatic rings. The maximum absolute atomic E-state index is 12.8. The first-order valence-electron chi connectivity index (χ1n) is 11.5. The summed E-state index contributed by atoms with van der Waals surface area (Å²) in [5.74, 6) is 1.61. The summed E-state index contributed by atoms with van der Waals surface area (Å²) in [6.45, 7) is 2.65. The predicted octanol–water partition coefficient (Wildman–Crippen LogP) is 2.79. The van der Waals surface area contributed by atoms with Crippen LogP contribution in [0.1, 0.15) is 29.9 Å². The second kappa shape index (κ2) is 7.86. The van der Waals surface area contributed by atoms with Crippen LogP contribution < -0.4 is 16.0 Å². The number of aromatic nitrogens is 5. The molecule has 1 aliphatic heterocycles. The molecule has 10 heteroatoms. The van der Waals surface area contributed by atoms with Crippen LogP contribution in [-0.4, -0.2) is 43.1 Å². The number of amides is 2. The third-order valence-electron chi connectivity index (χ3n) is 6.78. The fourth-order valence-electron chi connectivity index (χ4n) is 4.60. The van der Waals surface area contributed by atoms with Gasteiger partial charge in [0, 0.05) is 55.5 Å². The fourth-order valence-corrected chi connectivity index (χ4v) is 4.60. The lowest BCUT2D eigenvalue weighted by Gasteiger charge is -2.29. The number of pyridine rings is 3. The van der Waals surface area contributed by atoms with Gasteiger partial charge in [0.15, 0.2) is 0 Å². The van der Waals surface area contributed by atoms with Crippen molar-refractivity contribution in [3.8, 4) is 11.3 Å². The van der Waals surface area contributed by atoms with Crippen LogP contribution in [0, 0.1) is 12.8 Å². The van der Waals surface area contributed by atoms with Crippen molar-refractivity contribution < 1.29 is 9.59 Å². The van der Waals surface area contributed by atoms with E-state index in [4.69, 9.17) is 5.73 Å². The first-order chi connectivity index (χ1) is 16.9. The van der Waals surface area contributed by atoms with E-state index in [0.29, 0.717) is 41.5 Å². The summed E-state index contributed by atoms with van der Waals surface area (Å²) >= 11 is 0. The van der Waals surface area contributed by atoms with Crippen LogP contribution in [0.15, 0.2) is 43.0 Å². The van der Waals surface area contributed by atoms with Gasteiger partial charge in [0.25, 0.3) is 0 Å². The molecule has 2 aliphatic rings. The van der Waals surface area contributed by atoms with Crippen LogP contribution in [0.25, 0.3) is 22.0 Å². The highest BCUT2D eigenvalue weighted by atomic mass is 16.2. The topological polar surface area (TPSA) is 132 Å². The van der Waals surface area contributed by atoms with Crippen molar-refractivity contribution in [3.05, 3.63) is 54.1 Å². The van der Waals surface area contributed by atoms with Crippen LogP contribution in [-0.2, 0) is 16.6 Å². The average molecular weight is 469 g/mol. The Morgan fingerprint density at radius 1 is 1.17 bits per heavy atom. The van der Waals surface area contributed by atoms with Gasteiger partial charge < -0.3 is 11.1 Å². The zero-order valence-electron chi connectivity index (χ0n) is 19.4. The van der Waals surface area contributed by atoms with Gasteiger partial charge in [0.2, 0.25) is 11.8 Å². The molecule has 2 fully saturated rings. The molecule has 0 bridgehead atoms. The number of carbonyl (C=O) groups excluding carboxylic acids is 2. The van der Waals surface area contributed by atoms with Gasteiger partial charge in [-0.05, 0) is 54.0 Å². The number of rotatable bonds is 5. The van der Waals surface area contributed by atoms with Gasteiger partial charge >= 0.3 is 0 Å². The van der Waals surface area contributed by atoms with Gasteiger partial charge in [-0.15, -0.1) is 0 Å². The minimum Gasteiger partial charge on any atom is -0.383 e. The van der Waals surface area contributed by atoms with Crippen molar-refractivity contribution in [1.29, 1.82) is 0 Å². The fraction of sp³-hybridized carbons (Fsp3) is 0.280. The smallest absolute Gasteiger partial charge is 0.229 e. The number of hydrogen-bond donors (Lipinski definition) is 2. The molecule has 4 aromatic heterocycles. The SMILES string of the molecule is Cc1cc(N2CCC2=O)ncc1-c1cc2cc(NC(=O)C3CC3c3cnn(C)c3)ncc2c(N)n1. The molecule has 2 atom stereocenters. The van der Waals surface area contributed by atoms with Crippen LogP contribution >= 0.6 is 0 Å². The molecule has 0 aromatic carbocycles. The predicted molar refractivity (Wildman–Crippen MR) is 132 cm³/mol. The van der Waals surface area contributed by atoms with Crippen molar-refractivity contribution in [2.45, 2.75) is 25.7 Å². The molecular weight excluding hydrogens is 444 g/mol. The van der Waals surface area contributed by atoms with Crippen molar-refractivity contribution in [2.75, 3.05) is 22.5 Å². The summed E-state index contributed by atoms with van der Waals surface area (Å²) in [4.78, 5) is 39.6. The quantitative estimate of drug-likeness (QED) is 0.431. The molecule has 35 heavy (non-hydrogen) atoms. The number of carbonyl (C=O) groups is 2. The molecule has 2 unspecified atom stereocenters. The first kappa shape index (κ1) is 21.2. The number of nitrogen functional groups attached to an aromatic ring is 1. The van der Waals surface area contributed by atoms with Crippen molar-refractivity contribution >= 4 is 40.0 Å². The number of hydrogen-bond acceptors (Lipinski definition) is 7.